The number of benzene rings is 1. The first-order chi connectivity index (χ1) is 8.15. The van der Waals surface area contributed by atoms with E-state index in [1.54, 1.807) is 0 Å². The van der Waals surface area contributed by atoms with Crippen molar-refractivity contribution in [2.75, 3.05) is 0 Å². The van der Waals surface area contributed by atoms with Crippen LogP contribution in [0.1, 0.15) is 18.1 Å². The summed E-state index contributed by atoms with van der Waals surface area (Å²) >= 11 is 3.52. The highest BCUT2D eigenvalue weighted by atomic mass is 79.9. The number of hydrogen-bond acceptors (Lipinski definition) is 1. The summed E-state index contributed by atoms with van der Waals surface area (Å²) in [6.45, 7) is 2.48. The Morgan fingerprint density at radius 3 is 2.94 bits per heavy atom. The van der Waals surface area contributed by atoms with Crippen molar-refractivity contribution in [3.63, 3.8) is 0 Å². The van der Waals surface area contributed by atoms with Crippen LogP contribution in [0.4, 0.5) is 0 Å². The monoisotopic (exact) mass is 291 g/mol. The lowest BCUT2D eigenvalue weighted by atomic mass is 10.1. The largest absolute Gasteiger partial charge is 0.392 e. The van der Waals surface area contributed by atoms with Gasteiger partial charge in [-0.1, -0.05) is 22.0 Å². The summed E-state index contributed by atoms with van der Waals surface area (Å²) in [5, 5.41) is 9.53. The molecule has 0 fully saturated rings. The molecule has 0 aliphatic heterocycles. The van der Waals surface area contributed by atoms with Gasteiger partial charge in [-0.15, -0.1) is 0 Å². The summed E-state index contributed by atoms with van der Waals surface area (Å²) in [6, 6.07) is 8.58. The molecule has 0 bridgehead atoms. The van der Waals surface area contributed by atoms with Gasteiger partial charge in [-0.25, -0.2) is 0 Å². The van der Waals surface area contributed by atoms with Crippen molar-refractivity contribution in [1.29, 1.82) is 0 Å². The molecule has 3 rings (SSSR count). The van der Waals surface area contributed by atoms with Crippen LogP contribution in [0.15, 0.2) is 34.9 Å². The minimum atomic E-state index is -0.317. The molecular formula is C14H14BrNO. The van der Waals surface area contributed by atoms with Crippen LogP contribution in [0.5, 0.6) is 0 Å². The van der Waals surface area contributed by atoms with E-state index in [0.29, 0.717) is 6.54 Å². The van der Waals surface area contributed by atoms with Gasteiger partial charge in [0.25, 0.3) is 0 Å². The Morgan fingerprint density at radius 1 is 1.35 bits per heavy atom. The van der Waals surface area contributed by atoms with Crippen LogP contribution in [0.3, 0.4) is 0 Å². The third kappa shape index (κ3) is 1.83. The van der Waals surface area contributed by atoms with E-state index in [9.17, 15) is 5.11 Å². The predicted molar refractivity (Wildman–Crippen MR) is 72.1 cm³/mol. The van der Waals surface area contributed by atoms with Gasteiger partial charge >= 0.3 is 0 Å². The van der Waals surface area contributed by atoms with Crippen molar-refractivity contribution in [3.05, 3.63) is 46.1 Å². The average molecular weight is 292 g/mol. The molecule has 17 heavy (non-hydrogen) atoms. The SMILES string of the molecule is C[C@H](O)Cn1ccc2c1-c1cc(Br)ccc1C2. The molecular weight excluding hydrogens is 278 g/mol. The minimum Gasteiger partial charge on any atom is -0.392 e. The molecule has 1 N–H and O–H groups in total. The summed E-state index contributed by atoms with van der Waals surface area (Å²) < 4.78 is 3.26. The maximum Gasteiger partial charge on any atom is 0.0691 e. The molecule has 0 amide bonds. The number of aromatic nitrogens is 1. The van der Waals surface area contributed by atoms with Crippen LogP contribution in [0.2, 0.25) is 0 Å². The van der Waals surface area contributed by atoms with Gasteiger partial charge in [0.2, 0.25) is 0 Å². The lowest BCUT2D eigenvalue weighted by Crippen LogP contribution is -2.11. The van der Waals surface area contributed by atoms with Crippen LogP contribution in [-0.4, -0.2) is 15.8 Å². The molecule has 1 aromatic carbocycles. The van der Waals surface area contributed by atoms with E-state index in [4.69, 9.17) is 0 Å². The molecule has 2 nitrogen and oxygen atoms in total. The number of rotatable bonds is 2. The highest BCUT2D eigenvalue weighted by Crippen LogP contribution is 2.38. The van der Waals surface area contributed by atoms with Crippen LogP contribution in [0.25, 0.3) is 11.3 Å². The van der Waals surface area contributed by atoms with Crippen LogP contribution in [0, 0.1) is 0 Å². The maximum atomic E-state index is 9.53. The molecule has 1 aromatic heterocycles. The summed E-state index contributed by atoms with van der Waals surface area (Å²) in [6.07, 6.45) is 2.76. The molecule has 0 saturated heterocycles. The fourth-order valence-electron chi connectivity index (χ4n) is 2.55. The van der Waals surface area contributed by atoms with Gasteiger partial charge in [0.05, 0.1) is 11.8 Å². The molecule has 0 unspecified atom stereocenters. The van der Waals surface area contributed by atoms with E-state index in [2.05, 4.69) is 51.0 Å². The number of hydrogen-bond donors (Lipinski definition) is 1. The molecule has 0 saturated carbocycles. The predicted octanol–water partition coefficient (Wildman–Crippen LogP) is 3.20. The summed E-state index contributed by atoms with van der Waals surface area (Å²) in [4.78, 5) is 0. The second-order valence-electron chi connectivity index (χ2n) is 4.67. The van der Waals surface area contributed by atoms with Crippen molar-refractivity contribution in [2.45, 2.75) is 26.0 Å². The molecule has 1 aliphatic rings. The lowest BCUT2D eigenvalue weighted by Gasteiger charge is -2.11. The van der Waals surface area contributed by atoms with Crippen molar-refractivity contribution < 1.29 is 5.11 Å². The van der Waals surface area contributed by atoms with Crippen molar-refractivity contribution in [3.8, 4) is 11.3 Å². The van der Waals surface area contributed by atoms with E-state index >= 15 is 0 Å². The van der Waals surface area contributed by atoms with Gasteiger partial charge in [0.15, 0.2) is 0 Å². The fourth-order valence-corrected chi connectivity index (χ4v) is 2.91. The Bertz CT molecular complexity index is 572. The summed E-state index contributed by atoms with van der Waals surface area (Å²) in [5.74, 6) is 0. The minimum absolute atomic E-state index is 0.317. The number of fused-ring (bicyclic) bond motifs is 3. The average Bonchev–Trinajstić information content (AvgIpc) is 2.78. The Labute approximate surface area is 109 Å². The molecule has 2 aromatic rings. The summed E-state index contributed by atoms with van der Waals surface area (Å²) in [7, 11) is 0. The zero-order chi connectivity index (χ0) is 12.0. The van der Waals surface area contributed by atoms with E-state index in [-0.39, 0.29) is 6.10 Å². The third-order valence-corrected chi connectivity index (χ3v) is 3.71. The quantitative estimate of drug-likeness (QED) is 0.771. The van der Waals surface area contributed by atoms with E-state index in [1.807, 2.05) is 6.92 Å². The number of aliphatic hydroxyl groups is 1. The molecule has 1 atom stereocenters. The second-order valence-corrected chi connectivity index (χ2v) is 5.58. The smallest absolute Gasteiger partial charge is 0.0691 e. The lowest BCUT2D eigenvalue weighted by molar-refractivity contribution is 0.174. The Morgan fingerprint density at radius 2 is 2.18 bits per heavy atom. The zero-order valence-electron chi connectivity index (χ0n) is 9.65. The normalized spacial score (nSPS) is 14.5. The molecule has 3 heteroatoms. The number of halogens is 1. The third-order valence-electron chi connectivity index (χ3n) is 3.22. The van der Waals surface area contributed by atoms with E-state index < -0.39 is 0 Å². The molecule has 88 valence electrons. The van der Waals surface area contributed by atoms with E-state index in [1.165, 1.54) is 22.4 Å². The van der Waals surface area contributed by atoms with Crippen molar-refractivity contribution in [2.24, 2.45) is 0 Å². The maximum absolute atomic E-state index is 9.53. The first kappa shape index (κ1) is 11.1. The second kappa shape index (κ2) is 4.00. The highest BCUT2D eigenvalue weighted by Gasteiger charge is 2.22. The van der Waals surface area contributed by atoms with Gasteiger partial charge < -0.3 is 9.67 Å². The Kier molecular flexibility index (Phi) is 2.60. The van der Waals surface area contributed by atoms with Crippen molar-refractivity contribution in [1.82, 2.24) is 4.57 Å². The van der Waals surface area contributed by atoms with Gasteiger partial charge in [-0.2, -0.15) is 0 Å². The highest BCUT2D eigenvalue weighted by molar-refractivity contribution is 9.10. The van der Waals surface area contributed by atoms with Gasteiger partial charge in [-0.05, 0) is 36.2 Å². The van der Waals surface area contributed by atoms with Crippen molar-refractivity contribution >= 4 is 15.9 Å². The zero-order valence-corrected chi connectivity index (χ0v) is 11.2. The Balaban J connectivity index is 2.12. The van der Waals surface area contributed by atoms with Gasteiger partial charge in [-0.3, -0.25) is 0 Å². The van der Waals surface area contributed by atoms with Gasteiger partial charge in [0, 0.05) is 29.2 Å². The first-order valence-corrected chi connectivity index (χ1v) is 6.59. The first-order valence-electron chi connectivity index (χ1n) is 5.80. The van der Waals surface area contributed by atoms with Gasteiger partial charge in [0.1, 0.15) is 0 Å². The van der Waals surface area contributed by atoms with E-state index in [0.717, 1.165) is 10.9 Å². The summed E-state index contributed by atoms with van der Waals surface area (Å²) in [5.41, 5.74) is 5.29. The molecule has 0 spiro atoms. The molecule has 0 radical (unpaired) electrons. The number of nitrogens with zero attached hydrogens (tertiary/aromatic N) is 1. The van der Waals surface area contributed by atoms with Crippen LogP contribution >= 0.6 is 15.9 Å². The topological polar surface area (TPSA) is 25.2 Å². The van der Waals surface area contributed by atoms with Crippen LogP contribution in [-0.2, 0) is 13.0 Å². The fraction of sp³-hybridized carbons (Fsp3) is 0.286. The molecule has 1 heterocycles. The molecule has 1 aliphatic carbocycles. The standard InChI is InChI=1S/C14H14BrNO/c1-9(17)8-16-5-4-11-6-10-2-3-12(15)7-13(10)14(11)16/h2-5,7,9,17H,6,8H2,1H3/t9-/m0/s1. The number of aliphatic hydroxyl groups excluding tert-OH is 1. The Hall–Kier alpha value is -1.06. The van der Waals surface area contributed by atoms with Crippen LogP contribution < -0.4 is 0 Å².